The fourth-order valence-corrected chi connectivity index (χ4v) is 3.52. The molecule has 7 nitrogen and oxygen atoms in total. The molecule has 1 fully saturated rings. The molecule has 1 aliphatic rings. The molecule has 1 aliphatic heterocycles. The molecule has 0 saturated carbocycles. The zero-order chi connectivity index (χ0) is 14.2. The SMILES string of the molecule is CCS(=O)(=O)N1CCN(c2ccnc3ccnn23)CC1. The van der Waals surface area contributed by atoms with Crippen molar-refractivity contribution in [3.05, 3.63) is 24.5 Å². The highest BCUT2D eigenvalue weighted by Gasteiger charge is 2.26. The highest BCUT2D eigenvalue weighted by Crippen LogP contribution is 2.17. The molecule has 0 radical (unpaired) electrons. The molecule has 0 bridgehead atoms. The van der Waals surface area contributed by atoms with Crippen molar-refractivity contribution >= 4 is 21.5 Å². The number of piperazine rings is 1. The molecule has 3 heterocycles. The molecule has 2 aromatic heterocycles. The highest BCUT2D eigenvalue weighted by atomic mass is 32.2. The summed E-state index contributed by atoms with van der Waals surface area (Å²) in [6, 6.07) is 3.76. The number of hydrogen-bond acceptors (Lipinski definition) is 5. The zero-order valence-electron chi connectivity index (χ0n) is 11.3. The number of sulfonamides is 1. The fraction of sp³-hybridized carbons (Fsp3) is 0.500. The minimum Gasteiger partial charge on any atom is -0.354 e. The third-order valence-corrected chi connectivity index (χ3v) is 5.47. The molecule has 3 rings (SSSR count). The molecule has 0 N–H and O–H groups in total. The van der Waals surface area contributed by atoms with E-state index in [0.29, 0.717) is 26.2 Å². The van der Waals surface area contributed by atoms with Gasteiger partial charge in [-0.3, -0.25) is 0 Å². The molecule has 0 amide bonds. The van der Waals surface area contributed by atoms with Gasteiger partial charge in [0.25, 0.3) is 0 Å². The first-order chi connectivity index (χ1) is 9.62. The van der Waals surface area contributed by atoms with Gasteiger partial charge in [0.2, 0.25) is 10.0 Å². The van der Waals surface area contributed by atoms with Crippen molar-refractivity contribution in [2.75, 3.05) is 36.8 Å². The van der Waals surface area contributed by atoms with Gasteiger partial charge in [-0.15, -0.1) is 0 Å². The molecule has 0 aliphatic carbocycles. The molecule has 0 atom stereocenters. The smallest absolute Gasteiger partial charge is 0.213 e. The second-order valence-corrected chi connectivity index (χ2v) is 6.95. The van der Waals surface area contributed by atoms with Gasteiger partial charge in [0.15, 0.2) is 5.65 Å². The maximum Gasteiger partial charge on any atom is 0.213 e. The van der Waals surface area contributed by atoms with Crippen molar-refractivity contribution < 1.29 is 8.42 Å². The number of nitrogens with zero attached hydrogens (tertiary/aromatic N) is 5. The predicted octanol–water partition coefficient (Wildman–Crippen LogP) is 0.201. The Morgan fingerprint density at radius 1 is 1.15 bits per heavy atom. The van der Waals surface area contributed by atoms with Crippen LogP contribution < -0.4 is 4.90 Å². The Bertz CT molecular complexity index is 703. The summed E-state index contributed by atoms with van der Waals surface area (Å²) in [4.78, 5) is 6.37. The van der Waals surface area contributed by atoms with Gasteiger partial charge < -0.3 is 4.90 Å². The maximum absolute atomic E-state index is 11.8. The Labute approximate surface area is 117 Å². The van der Waals surface area contributed by atoms with E-state index < -0.39 is 10.0 Å². The lowest BCUT2D eigenvalue weighted by Gasteiger charge is -2.35. The predicted molar refractivity (Wildman–Crippen MR) is 76.2 cm³/mol. The first-order valence-corrected chi connectivity index (χ1v) is 8.24. The van der Waals surface area contributed by atoms with Gasteiger partial charge in [-0.1, -0.05) is 0 Å². The van der Waals surface area contributed by atoms with E-state index in [1.165, 1.54) is 0 Å². The van der Waals surface area contributed by atoms with Crippen molar-refractivity contribution in [1.82, 2.24) is 18.9 Å². The van der Waals surface area contributed by atoms with Crippen LogP contribution in [-0.4, -0.2) is 59.3 Å². The summed E-state index contributed by atoms with van der Waals surface area (Å²) in [5.41, 5.74) is 0.797. The van der Waals surface area contributed by atoms with Crippen LogP contribution in [0.25, 0.3) is 5.65 Å². The number of fused-ring (bicyclic) bond motifs is 1. The van der Waals surface area contributed by atoms with Crippen LogP contribution in [0.5, 0.6) is 0 Å². The van der Waals surface area contributed by atoms with Crippen LogP contribution in [0, 0.1) is 0 Å². The summed E-state index contributed by atoms with van der Waals surface area (Å²) in [6.45, 7) is 4.04. The number of aromatic nitrogens is 3. The summed E-state index contributed by atoms with van der Waals surface area (Å²) in [6.07, 6.45) is 3.46. The zero-order valence-corrected chi connectivity index (χ0v) is 12.1. The monoisotopic (exact) mass is 295 g/mol. The van der Waals surface area contributed by atoms with Crippen LogP contribution in [0.3, 0.4) is 0 Å². The standard InChI is InChI=1S/C12H17N5O2S/c1-2-20(18,19)16-9-7-15(8-10-16)12-4-5-13-11-3-6-14-17(11)12/h3-6H,2,7-10H2,1H3. The Kier molecular flexibility index (Phi) is 3.35. The van der Waals surface area contributed by atoms with Crippen molar-refractivity contribution in [2.24, 2.45) is 0 Å². The van der Waals surface area contributed by atoms with E-state index in [-0.39, 0.29) is 5.75 Å². The molecule has 1 saturated heterocycles. The highest BCUT2D eigenvalue weighted by molar-refractivity contribution is 7.89. The van der Waals surface area contributed by atoms with Crippen LogP contribution in [0.1, 0.15) is 6.92 Å². The van der Waals surface area contributed by atoms with E-state index in [2.05, 4.69) is 15.0 Å². The Morgan fingerprint density at radius 3 is 2.60 bits per heavy atom. The van der Waals surface area contributed by atoms with Crippen molar-refractivity contribution in [1.29, 1.82) is 0 Å². The molecule has 20 heavy (non-hydrogen) atoms. The molecular weight excluding hydrogens is 278 g/mol. The van der Waals surface area contributed by atoms with E-state index in [0.717, 1.165) is 11.5 Å². The van der Waals surface area contributed by atoms with Crippen LogP contribution in [0.15, 0.2) is 24.5 Å². The lowest BCUT2D eigenvalue weighted by atomic mass is 10.3. The first-order valence-electron chi connectivity index (χ1n) is 6.63. The number of anilines is 1. The minimum absolute atomic E-state index is 0.158. The molecule has 2 aromatic rings. The van der Waals surface area contributed by atoms with Crippen LogP contribution in [0.2, 0.25) is 0 Å². The molecule has 0 spiro atoms. The van der Waals surface area contributed by atoms with E-state index in [1.54, 1.807) is 28.1 Å². The van der Waals surface area contributed by atoms with Crippen molar-refractivity contribution in [3.63, 3.8) is 0 Å². The maximum atomic E-state index is 11.8. The van der Waals surface area contributed by atoms with Gasteiger partial charge in [0.1, 0.15) is 5.82 Å². The first kappa shape index (κ1) is 13.3. The van der Waals surface area contributed by atoms with Gasteiger partial charge in [-0.05, 0) is 13.0 Å². The van der Waals surface area contributed by atoms with E-state index in [1.807, 2.05) is 12.1 Å². The average molecular weight is 295 g/mol. The Hall–Kier alpha value is -1.67. The van der Waals surface area contributed by atoms with Gasteiger partial charge in [-0.2, -0.15) is 13.9 Å². The number of rotatable bonds is 3. The van der Waals surface area contributed by atoms with Crippen molar-refractivity contribution in [2.45, 2.75) is 6.92 Å². The third kappa shape index (κ3) is 2.25. The molecule has 8 heteroatoms. The Balaban J connectivity index is 1.80. The molecule has 0 aromatic carbocycles. The van der Waals surface area contributed by atoms with Crippen molar-refractivity contribution in [3.8, 4) is 0 Å². The van der Waals surface area contributed by atoms with Gasteiger partial charge in [-0.25, -0.2) is 13.4 Å². The lowest BCUT2D eigenvalue weighted by Crippen LogP contribution is -2.49. The fourth-order valence-electron chi connectivity index (χ4n) is 2.44. The Morgan fingerprint density at radius 2 is 1.90 bits per heavy atom. The number of hydrogen-bond donors (Lipinski definition) is 0. The van der Waals surface area contributed by atoms with E-state index in [4.69, 9.17) is 0 Å². The van der Waals surface area contributed by atoms with Crippen LogP contribution in [0.4, 0.5) is 5.82 Å². The summed E-state index contributed by atoms with van der Waals surface area (Å²) >= 11 is 0. The average Bonchev–Trinajstić information content (AvgIpc) is 2.95. The summed E-state index contributed by atoms with van der Waals surface area (Å²) in [5, 5.41) is 4.26. The van der Waals surface area contributed by atoms with Crippen LogP contribution >= 0.6 is 0 Å². The third-order valence-electron chi connectivity index (χ3n) is 3.59. The van der Waals surface area contributed by atoms with Gasteiger partial charge in [0.05, 0.1) is 11.9 Å². The summed E-state index contributed by atoms with van der Waals surface area (Å²) < 4.78 is 27.0. The topological polar surface area (TPSA) is 70.8 Å². The minimum atomic E-state index is -3.09. The molecular formula is C12H17N5O2S. The van der Waals surface area contributed by atoms with Gasteiger partial charge in [0, 0.05) is 38.4 Å². The van der Waals surface area contributed by atoms with Gasteiger partial charge >= 0.3 is 0 Å². The second-order valence-electron chi connectivity index (χ2n) is 4.69. The van der Waals surface area contributed by atoms with Crippen LogP contribution in [-0.2, 0) is 10.0 Å². The molecule has 0 unspecified atom stereocenters. The van der Waals surface area contributed by atoms with E-state index >= 15 is 0 Å². The normalized spacial score (nSPS) is 17.8. The lowest BCUT2D eigenvalue weighted by molar-refractivity contribution is 0.383. The quantitative estimate of drug-likeness (QED) is 0.809. The molecule has 108 valence electrons. The largest absolute Gasteiger partial charge is 0.354 e. The van der Waals surface area contributed by atoms with E-state index in [9.17, 15) is 8.42 Å². The second kappa shape index (κ2) is 5.02. The summed E-state index contributed by atoms with van der Waals surface area (Å²) in [5.74, 6) is 1.11. The summed E-state index contributed by atoms with van der Waals surface area (Å²) in [7, 11) is -3.09.